The van der Waals surface area contributed by atoms with Gasteiger partial charge in [0.05, 0.1) is 21.3 Å². The number of piperidine rings is 1. The average molecular weight is 721 g/mol. The molecule has 50 heavy (non-hydrogen) atoms. The van der Waals surface area contributed by atoms with E-state index in [4.69, 9.17) is 26.1 Å². The Morgan fingerprint density at radius 2 is 1.88 bits per heavy atom. The normalized spacial score (nSPS) is 19.6. The molecule has 3 aliphatic rings. The van der Waals surface area contributed by atoms with Crippen LogP contribution in [0.1, 0.15) is 59.1 Å². The molecular formula is C36H49ClN8O4Si. The van der Waals surface area contributed by atoms with E-state index in [1.807, 2.05) is 50.6 Å². The van der Waals surface area contributed by atoms with E-state index >= 15 is 0 Å². The summed E-state index contributed by atoms with van der Waals surface area (Å²) in [5, 5.41) is 19.1. The van der Waals surface area contributed by atoms with Gasteiger partial charge in [-0.05, 0) is 71.4 Å². The third kappa shape index (κ3) is 7.02. The number of anilines is 1. The summed E-state index contributed by atoms with van der Waals surface area (Å²) in [6.45, 7) is 16.5. The zero-order valence-corrected chi connectivity index (χ0v) is 32.2. The average Bonchev–Trinajstić information content (AvgIpc) is 3.47. The summed E-state index contributed by atoms with van der Waals surface area (Å²) in [4.78, 5) is 34.7. The Morgan fingerprint density at radius 3 is 2.56 bits per heavy atom. The summed E-state index contributed by atoms with van der Waals surface area (Å²) in [6, 6.07) is 7.14. The molecule has 1 aromatic carbocycles. The predicted molar refractivity (Wildman–Crippen MR) is 199 cm³/mol. The van der Waals surface area contributed by atoms with Gasteiger partial charge < -0.3 is 24.3 Å². The van der Waals surface area contributed by atoms with Crippen molar-refractivity contribution in [3.8, 4) is 17.2 Å². The van der Waals surface area contributed by atoms with Crippen LogP contribution in [-0.4, -0.2) is 68.9 Å². The second kappa shape index (κ2) is 13.7. The number of carbonyl (C=O) groups excluding carboxylic acids is 1. The minimum Gasteiger partial charge on any atom is -0.444 e. The Balaban J connectivity index is 1.42. The van der Waals surface area contributed by atoms with E-state index in [1.165, 1.54) is 0 Å². The van der Waals surface area contributed by atoms with Crippen LogP contribution in [0.2, 0.25) is 30.7 Å². The van der Waals surface area contributed by atoms with Crippen molar-refractivity contribution < 1.29 is 14.3 Å². The maximum absolute atomic E-state index is 14.5. The van der Waals surface area contributed by atoms with Gasteiger partial charge in [-0.25, -0.2) is 4.79 Å². The third-order valence-corrected chi connectivity index (χ3v) is 12.0. The van der Waals surface area contributed by atoms with E-state index in [9.17, 15) is 14.9 Å². The highest BCUT2D eigenvalue weighted by Crippen LogP contribution is 2.40. The number of nitriles is 1. The first-order valence-electron chi connectivity index (χ1n) is 17.6. The highest BCUT2D eigenvalue weighted by Gasteiger charge is 2.40. The lowest BCUT2D eigenvalue weighted by Crippen LogP contribution is -2.49. The van der Waals surface area contributed by atoms with Crippen LogP contribution in [0, 0.1) is 17.2 Å². The standard InChI is InChI=1S/C36H49ClN8O4Si/c1-9-45-28(18-38)30-27(41-45)15-13-24(31(30)37)25-20-43(21-48-16-17-50(6,7)8)32-29(25)33(46)42(5)34(40-32)44-19-22-10-11-23(44)12-14-26(22)39-35(47)49-36(2,3)4/h13,15,20,22-23,26H,9-12,14,16-17,19,21H2,1-8H3,(H,39,47)/t22-,23?,26-/m1/s1. The van der Waals surface area contributed by atoms with Crippen molar-refractivity contribution >= 4 is 53.7 Å². The molecule has 1 saturated carbocycles. The Bertz CT molecular complexity index is 2030. The van der Waals surface area contributed by atoms with E-state index in [0.29, 0.717) is 69.4 Å². The minimum absolute atomic E-state index is 0.0248. The van der Waals surface area contributed by atoms with E-state index in [0.717, 1.165) is 31.7 Å². The maximum Gasteiger partial charge on any atom is 0.407 e. The molecule has 1 aliphatic carbocycles. The SMILES string of the molecule is CCn1nc2ccc(-c3cn(COCC[Si](C)(C)C)c4nc(N5C[C@H]6CCC5CC[C@H]6NC(=O)OC(C)(C)C)n(C)c(=O)c34)c(Cl)c2c1C#N. The van der Waals surface area contributed by atoms with Crippen molar-refractivity contribution in [3.63, 3.8) is 0 Å². The Morgan fingerprint density at radius 1 is 1.14 bits per heavy atom. The Hall–Kier alpha value is -3.86. The molecule has 1 unspecified atom stereocenters. The molecule has 3 fully saturated rings. The highest BCUT2D eigenvalue weighted by atomic mass is 35.5. The van der Waals surface area contributed by atoms with Gasteiger partial charge in [-0.2, -0.15) is 15.3 Å². The van der Waals surface area contributed by atoms with E-state index in [1.54, 1.807) is 16.3 Å². The first-order chi connectivity index (χ1) is 23.6. The van der Waals surface area contributed by atoms with E-state index < -0.39 is 19.8 Å². The van der Waals surface area contributed by atoms with Gasteiger partial charge in [-0.3, -0.25) is 14.0 Å². The van der Waals surface area contributed by atoms with Crippen LogP contribution < -0.4 is 15.8 Å². The molecule has 2 bridgehead atoms. The van der Waals surface area contributed by atoms with Crippen LogP contribution in [0.4, 0.5) is 10.7 Å². The van der Waals surface area contributed by atoms with Crippen LogP contribution in [0.15, 0.2) is 23.1 Å². The summed E-state index contributed by atoms with van der Waals surface area (Å²) >= 11 is 7.09. The van der Waals surface area contributed by atoms with Crippen LogP contribution in [0.5, 0.6) is 0 Å². The lowest BCUT2D eigenvalue weighted by Gasteiger charge is -2.39. The molecule has 0 radical (unpaired) electrons. The molecular weight excluding hydrogens is 672 g/mol. The summed E-state index contributed by atoms with van der Waals surface area (Å²) < 4.78 is 17.0. The van der Waals surface area contributed by atoms with E-state index in [2.05, 4.69) is 41.0 Å². The van der Waals surface area contributed by atoms with Crippen molar-refractivity contribution in [2.75, 3.05) is 18.1 Å². The fourth-order valence-electron chi connectivity index (χ4n) is 7.33. The number of alkyl carbamates (subject to hydrolysis) is 1. The number of ether oxygens (including phenoxy) is 2. The van der Waals surface area contributed by atoms with Gasteiger partial charge in [-0.1, -0.05) is 37.3 Å². The first kappa shape index (κ1) is 35.9. The number of aryl methyl sites for hydroxylation is 1. The Labute approximate surface area is 299 Å². The number of halogens is 1. The van der Waals surface area contributed by atoms with Gasteiger partial charge in [0.1, 0.15) is 24.1 Å². The first-order valence-corrected chi connectivity index (χ1v) is 21.7. The third-order valence-electron chi connectivity index (χ3n) is 9.92. The molecule has 12 nitrogen and oxygen atoms in total. The van der Waals surface area contributed by atoms with Gasteiger partial charge >= 0.3 is 6.09 Å². The molecule has 14 heteroatoms. The fourth-order valence-corrected chi connectivity index (χ4v) is 8.43. The van der Waals surface area contributed by atoms with Crippen molar-refractivity contribution in [1.82, 2.24) is 29.2 Å². The lowest BCUT2D eigenvalue weighted by atomic mass is 9.92. The second-order valence-corrected chi connectivity index (χ2v) is 21.9. The fraction of sp³-hybridized carbons (Fsp3) is 0.583. The molecule has 1 N–H and O–H groups in total. The van der Waals surface area contributed by atoms with Crippen LogP contribution >= 0.6 is 11.6 Å². The summed E-state index contributed by atoms with van der Waals surface area (Å²) in [5.41, 5.74) is 2.03. The van der Waals surface area contributed by atoms with Crippen molar-refractivity contribution in [3.05, 3.63) is 39.4 Å². The number of aromatic nitrogens is 5. The van der Waals surface area contributed by atoms with Crippen LogP contribution in [0.3, 0.4) is 0 Å². The number of rotatable bonds is 9. The smallest absolute Gasteiger partial charge is 0.407 e. The number of fused-ring (bicyclic) bond motifs is 6. The number of nitrogens with zero attached hydrogens (tertiary/aromatic N) is 7. The summed E-state index contributed by atoms with van der Waals surface area (Å²) in [7, 11) is 0.448. The molecule has 0 spiro atoms. The van der Waals surface area contributed by atoms with Gasteiger partial charge in [0.25, 0.3) is 5.56 Å². The largest absolute Gasteiger partial charge is 0.444 e. The van der Waals surface area contributed by atoms with Crippen LogP contribution in [-0.2, 0) is 29.8 Å². The van der Waals surface area contributed by atoms with Crippen molar-refractivity contribution in [1.29, 1.82) is 5.26 Å². The van der Waals surface area contributed by atoms with Crippen molar-refractivity contribution in [2.24, 2.45) is 13.0 Å². The molecule has 3 aromatic heterocycles. The molecule has 3 atom stereocenters. The van der Waals surface area contributed by atoms with Crippen LogP contribution in [0.25, 0.3) is 33.1 Å². The number of benzene rings is 1. The van der Waals surface area contributed by atoms with Gasteiger partial charge in [0.2, 0.25) is 5.95 Å². The van der Waals surface area contributed by atoms with Gasteiger partial charge in [0.15, 0.2) is 5.65 Å². The van der Waals surface area contributed by atoms with E-state index in [-0.39, 0.29) is 30.3 Å². The molecule has 2 saturated heterocycles. The number of hydrogen-bond acceptors (Lipinski definition) is 8. The number of hydrogen-bond donors (Lipinski definition) is 1. The van der Waals surface area contributed by atoms with Gasteiger partial charge in [-0.15, -0.1) is 0 Å². The number of carbonyl (C=O) groups is 1. The van der Waals surface area contributed by atoms with Gasteiger partial charge in [0, 0.05) is 64.2 Å². The maximum atomic E-state index is 14.5. The highest BCUT2D eigenvalue weighted by molar-refractivity contribution is 6.76. The molecule has 268 valence electrons. The number of nitrogens with one attached hydrogen (secondary N) is 1. The monoisotopic (exact) mass is 720 g/mol. The second-order valence-electron chi connectivity index (χ2n) is 15.9. The Kier molecular flexibility index (Phi) is 9.84. The zero-order chi connectivity index (χ0) is 36.1. The molecule has 1 amide bonds. The number of amides is 1. The lowest BCUT2D eigenvalue weighted by molar-refractivity contribution is 0.0484. The summed E-state index contributed by atoms with van der Waals surface area (Å²) in [5.74, 6) is 0.783. The summed E-state index contributed by atoms with van der Waals surface area (Å²) in [6.07, 6.45) is 5.11. The topological polar surface area (TPSA) is 132 Å². The molecule has 4 aromatic rings. The minimum atomic E-state index is -1.32. The van der Waals surface area contributed by atoms with Crippen molar-refractivity contribution in [2.45, 2.75) is 110 Å². The zero-order valence-electron chi connectivity index (χ0n) is 30.5. The quantitative estimate of drug-likeness (QED) is 0.146. The molecule has 5 heterocycles. The molecule has 2 aliphatic heterocycles. The predicted octanol–water partition coefficient (Wildman–Crippen LogP) is 6.88. The molecule has 7 rings (SSSR count).